The molecule has 3 aromatic rings. The number of nitrogens with zero attached hydrogens (tertiary/aromatic N) is 3. The third-order valence-electron chi connectivity index (χ3n) is 5.07. The van der Waals surface area contributed by atoms with E-state index in [2.05, 4.69) is 22.1 Å². The van der Waals surface area contributed by atoms with Crippen LogP contribution in [-0.4, -0.2) is 41.8 Å². The average Bonchev–Trinajstić information content (AvgIpc) is 3.33. The van der Waals surface area contributed by atoms with Crippen molar-refractivity contribution in [2.24, 2.45) is 0 Å². The van der Waals surface area contributed by atoms with Gasteiger partial charge in [0.25, 0.3) is 0 Å². The standard InChI is InChI=1S/C21H22FN3O2/c1-25(13-19-11-20(24-27-19)16-3-2-9-23-12-16)14-21(8-10-26-15-21)17-4-6-18(22)7-5-17/h2-7,9,11-12H,8,10,13-15H2,1H3/t21-/m1/s1. The Hall–Kier alpha value is -2.57. The number of aromatic nitrogens is 2. The number of hydrogen-bond acceptors (Lipinski definition) is 5. The first-order valence-electron chi connectivity index (χ1n) is 9.03. The molecule has 0 bridgehead atoms. The van der Waals surface area contributed by atoms with Gasteiger partial charge in [-0.05, 0) is 43.3 Å². The number of likely N-dealkylation sites (N-methyl/N-ethyl adjacent to an activating group) is 1. The Kier molecular flexibility index (Phi) is 5.01. The molecule has 6 heteroatoms. The lowest BCUT2D eigenvalue weighted by Gasteiger charge is -2.32. The third-order valence-corrected chi connectivity index (χ3v) is 5.07. The van der Waals surface area contributed by atoms with Crippen molar-refractivity contribution in [2.45, 2.75) is 18.4 Å². The summed E-state index contributed by atoms with van der Waals surface area (Å²) in [6, 6.07) is 12.6. The summed E-state index contributed by atoms with van der Waals surface area (Å²) in [5.41, 5.74) is 2.70. The Morgan fingerprint density at radius 3 is 2.78 bits per heavy atom. The minimum Gasteiger partial charge on any atom is -0.380 e. The Morgan fingerprint density at radius 1 is 1.22 bits per heavy atom. The van der Waals surface area contributed by atoms with Gasteiger partial charge in [-0.1, -0.05) is 17.3 Å². The zero-order valence-corrected chi connectivity index (χ0v) is 15.3. The molecule has 5 nitrogen and oxygen atoms in total. The minimum absolute atomic E-state index is 0.130. The monoisotopic (exact) mass is 367 g/mol. The average molecular weight is 367 g/mol. The van der Waals surface area contributed by atoms with Crippen LogP contribution < -0.4 is 0 Å². The maximum Gasteiger partial charge on any atom is 0.151 e. The van der Waals surface area contributed by atoms with Crippen LogP contribution >= 0.6 is 0 Å². The van der Waals surface area contributed by atoms with E-state index in [0.717, 1.165) is 42.2 Å². The molecule has 1 aliphatic rings. The van der Waals surface area contributed by atoms with Gasteiger partial charge in [-0.15, -0.1) is 0 Å². The number of rotatable bonds is 6. The fourth-order valence-corrected chi connectivity index (χ4v) is 3.73. The van der Waals surface area contributed by atoms with Crippen LogP contribution in [-0.2, 0) is 16.7 Å². The zero-order valence-electron chi connectivity index (χ0n) is 15.3. The van der Waals surface area contributed by atoms with E-state index >= 15 is 0 Å². The fourth-order valence-electron chi connectivity index (χ4n) is 3.73. The van der Waals surface area contributed by atoms with E-state index in [0.29, 0.717) is 13.2 Å². The Labute approximate surface area is 157 Å². The highest BCUT2D eigenvalue weighted by atomic mass is 19.1. The molecule has 4 rings (SSSR count). The molecule has 1 atom stereocenters. The van der Waals surface area contributed by atoms with Crippen LogP contribution in [0.5, 0.6) is 0 Å². The van der Waals surface area contributed by atoms with E-state index in [4.69, 9.17) is 9.26 Å². The predicted molar refractivity (Wildman–Crippen MR) is 99.6 cm³/mol. The summed E-state index contributed by atoms with van der Waals surface area (Å²) >= 11 is 0. The Balaban J connectivity index is 1.47. The lowest BCUT2D eigenvalue weighted by Crippen LogP contribution is -2.39. The van der Waals surface area contributed by atoms with Gasteiger partial charge in [-0.2, -0.15) is 0 Å². The largest absolute Gasteiger partial charge is 0.380 e. The highest BCUT2D eigenvalue weighted by molar-refractivity contribution is 5.57. The van der Waals surface area contributed by atoms with Crippen molar-refractivity contribution in [3.63, 3.8) is 0 Å². The highest BCUT2D eigenvalue weighted by Crippen LogP contribution is 2.34. The van der Waals surface area contributed by atoms with Crippen molar-refractivity contribution < 1.29 is 13.7 Å². The van der Waals surface area contributed by atoms with E-state index in [1.54, 1.807) is 12.4 Å². The summed E-state index contributed by atoms with van der Waals surface area (Å²) in [5.74, 6) is 0.579. The van der Waals surface area contributed by atoms with Crippen molar-refractivity contribution in [3.8, 4) is 11.3 Å². The van der Waals surface area contributed by atoms with E-state index < -0.39 is 0 Å². The van der Waals surface area contributed by atoms with Crippen molar-refractivity contribution in [1.82, 2.24) is 15.0 Å². The van der Waals surface area contributed by atoms with Gasteiger partial charge in [-0.3, -0.25) is 9.88 Å². The molecule has 1 saturated heterocycles. The van der Waals surface area contributed by atoms with E-state index in [-0.39, 0.29) is 11.2 Å². The number of halogens is 1. The molecule has 1 aliphatic heterocycles. The molecule has 0 unspecified atom stereocenters. The predicted octanol–water partition coefficient (Wildman–Crippen LogP) is 3.67. The molecular weight excluding hydrogens is 345 g/mol. The Bertz CT molecular complexity index is 874. The molecular formula is C21H22FN3O2. The zero-order chi connectivity index (χ0) is 18.7. The number of ether oxygens (including phenoxy) is 1. The van der Waals surface area contributed by atoms with Crippen molar-refractivity contribution in [1.29, 1.82) is 0 Å². The van der Waals surface area contributed by atoms with Crippen LogP contribution in [0.25, 0.3) is 11.3 Å². The molecule has 27 heavy (non-hydrogen) atoms. The lowest BCUT2D eigenvalue weighted by atomic mass is 9.79. The first-order chi connectivity index (χ1) is 13.1. The summed E-state index contributed by atoms with van der Waals surface area (Å²) < 4.78 is 24.5. The summed E-state index contributed by atoms with van der Waals surface area (Å²) in [5, 5.41) is 4.15. The molecule has 3 heterocycles. The molecule has 1 aromatic carbocycles. The maximum absolute atomic E-state index is 13.3. The summed E-state index contributed by atoms with van der Waals surface area (Å²) in [6.45, 7) is 2.79. The second-order valence-corrected chi connectivity index (χ2v) is 7.18. The molecule has 0 radical (unpaired) electrons. The molecule has 0 aliphatic carbocycles. The molecule has 0 amide bonds. The SMILES string of the molecule is CN(Cc1cc(-c2cccnc2)no1)C[C@]1(c2ccc(F)cc2)CCOC1. The van der Waals surface area contributed by atoms with E-state index in [1.165, 1.54) is 12.1 Å². The fraction of sp³-hybridized carbons (Fsp3) is 0.333. The number of hydrogen-bond donors (Lipinski definition) is 0. The topological polar surface area (TPSA) is 51.4 Å². The van der Waals surface area contributed by atoms with Crippen LogP contribution in [0.15, 0.2) is 59.4 Å². The highest BCUT2D eigenvalue weighted by Gasteiger charge is 2.37. The van der Waals surface area contributed by atoms with Gasteiger partial charge >= 0.3 is 0 Å². The normalized spacial score (nSPS) is 19.7. The van der Waals surface area contributed by atoms with Gasteiger partial charge in [0, 0.05) is 42.6 Å². The molecule has 0 saturated carbocycles. The molecule has 2 aromatic heterocycles. The summed E-state index contributed by atoms with van der Waals surface area (Å²) in [4.78, 5) is 6.32. The van der Waals surface area contributed by atoms with E-state index in [9.17, 15) is 4.39 Å². The van der Waals surface area contributed by atoms with Gasteiger partial charge in [-0.25, -0.2) is 4.39 Å². The van der Waals surface area contributed by atoms with Gasteiger partial charge in [0.15, 0.2) is 5.76 Å². The molecule has 140 valence electrons. The van der Waals surface area contributed by atoms with Crippen LogP contribution in [0, 0.1) is 5.82 Å². The second-order valence-electron chi connectivity index (χ2n) is 7.18. The number of benzene rings is 1. The Morgan fingerprint density at radius 2 is 2.07 bits per heavy atom. The van der Waals surface area contributed by atoms with Crippen LogP contribution in [0.4, 0.5) is 4.39 Å². The molecule has 0 N–H and O–H groups in total. The van der Waals surface area contributed by atoms with E-state index in [1.807, 2.05) is 30.3 Å². The summed E-state index contributed by atoms with van der Waals surface area (Å²) in [6.07, 6.45) is 4.42. The number of pyridine rings is 1. The smallest absolute Gasteiger partial charge is 0.151 e. The van der Waals surface area contributed by atoms with Gasteiger partial charge in [0.05, 0.1) is 13.2 Å². The van der Waals surface area contributed by atoms with Crippen LogP contribution in [0.2, 0.25) is 0 Å². The summed E-state index contributed by atoms with van der Waals surface area (Å²) in [7, 11) is 2.05. The van der Waals surface area contributed by atoms with Gasteiger partial charge < -0.3 is 9.26 Å². The van der Waals surface area contributed by atoms with Crippen molar-refractivity contribution in [3.05, 3.63) is 72.0 Å². The van der Waals surface area contributed by atoms with Crippen molar-refractivity contribution in [2.75, 3.05) is 26.8 Å². The molecule has 0 spiro atoms. The first-order valence-corrected chi connectivity index (χ1v) is 9.03. The van der Waals surface area contributed by atoms with Crippen LogP contribution in [0.1, 0.15) is 17.7 Å². The van der Waals surface area contributed by atoms with Gasteiger partial charge in [0.2, 0.25) is 0 Å². The van der Waals surface area contributed by atoms with Gasteiger partial charge in [0.1, 0.15) is 11.5 Å². The van der Waals surface area contributed by atoms with Crippen molar-refractivity contribution >= 4 is 0 Å². The van der Waals surface area contributed by atoms with Crippen LogP contribution in [0.3, 0.4) is 0 Å². The molecule has 1 fully saturated rings. The minimum atomic E-state index is -0.217. The first kappa shape index (κ1) is 17.8. The maximum atomic E-state index is 13.3. The third kappa shape index (κ3) is 3.91. The second kappa shape index (κ2) is 7.58. The quantitative estimate of drug-likeness (QED) is 0.665. The lowest BCUT2D eigenvalue weighted by molar-refractivity contribution is 0.153.